The van der Waals surface area contributed by atoms with E-state index in [4.69, 9.17) is 4.74 Å². The van der Waals surface area contributed by atoms with Gasteiger partial charge in [0, 0.05) is 18.5 Å². The maximum Gasteiger partial charge on any atom is 0.296 e. The summed E-state index contributed by atoms with van der Waals surface area (Å²) < 4.78 is 6.39. The van der Waals surface area contributed by atoms with Crippen LogP contribution in [0.3, 0.4) is 0 Å². The Labute approximate surface area is 129 Å². The Hall–Kier alpha value is -3.49. The molecule has 0 bridgehead atoms. The molecule has 23 heavy (non-hydrogen) atoms. The smallest absolute Gasteiger partial charge is 0.296 e. The summed E-state index contributed by atoms with van der Waals surface area (Å²) in [7, 11) is 1.40. The number of nitro groups is 1. The molecular formula is C14H11N5O4. The fourth-order valence-electron chi connectivity index (χ4n) is 2.02. The molecule has 0 fully saturated rings. The van der Waals surface area contributed by atoms with Gasteiger partial charge in [-0.15, -0.1) is 0 Å². The van der Waals surface area contributed by atoms with E-state index in [1.807, 2.05) is 0 Å². The highest BCUT2D eigenvalue weighted by atomic mass is 16.6. The first-order valence-corrected chi connectivity index (χ1v) is 6.52. The third kappa shape index (κ3) is 2.79. The number of benzene rings is 1. The fourth-order valence-corrected chi connectivity index (χ4v) is 2.02. The molecule has 3 aromatic rings. The van der Waals surface area contributed by atoms with Crippen LogP contribution in [0.2, 0.25) is 0 Å². The van der Waals surface area contributed by atoms with Crippen LogP contribution in [0.1, 0.15) is 10.5 Å². The van der Waals surface area contributed by atoms with Crippen LogP contribution in [0.25, 0.3) is 5.65 Å². The van der Waals surface area contributed by atoms with E-state index in [-0.39, 0.29) is 17.1 Å². The number of methoxy groups -OCH3 is 1. The summed E-state index contributed by atoms with van der Waals surface area (Å²) in [5.41, 5.74) is 0.404. The Bertz CT molecular complexity index is 872. The molecular weight excluding hydrogens is 302 g/mol. The number of nitrogens with one attached hydrogen (secondary N) is 1. The van der Waals surface area contributed by atoms with Crippen LogP contribution in [0.4, 0.5) is 11.4 Å². The molecule has 0 aliphatic heterocycles. The summed E-state index contributed by atoms with van der Waals surface area (Å²) in [5.74, 6) is -0.240. The van der Waals surface area contributed by atoms with Crippen LogP contribution < -0.4 is 10.1 Å². The first-order chi connectivity index (χ1) is 11.1. The summed E-state index contributed by atoms with van der Waals surface area (Å²) in [4.78, 5) is 26.8. The van der Waals surface area contributed by atoms with E-state index in [1.165, 1.54) is 35.9 Å². The van der Waals surface area contributed by atoms with Gasteiger partial charge in [-0.2, -0.15) is 5.10 Å². The van der Waals surface area contributed by atoms with Crippen LogP contribution in [-0.2, 0) is 0 Å². The van der Waals surface area contributed by atoms with Gasteiger partial charge in [0.25, 0.3) is 11.6 Å². The minimum atomic E-state index is -0.594. The molecule has 0 saturated carbocycles. The first-order valence-electron chi connectivity index (χ1n) is 6.52. The molecule has 0 spiro atoms. The van der Waals surface area contributed by atoms with Gasteiger partial charge in [0.1, 0.15) is 11.4 Å². The van der Waals surface area contributed by atoms with E-state index in [2.05, 4.69) is 15.4 Å². The normalized spacial score (nSPS) is 10.5. The van der Waals surface area contributed by atoms with Crippen LogP contribution in [0.5, 0.6) is 5.75 Å². The number of amides is 1. The van der Waals surface area contributed by atoms with Crippen molar-refractivity contribution in [2.75, 3.05) is 12.4 Å². The van der Waals surface area contributed by atoms with Crippen LogP contribution in [-0.4, -0.2) is 32.5 Å². The first kappa shape index (κ1) is 14.4. The zero-order valence-electron chi connectivity index (χ0n) is 12.0. The number of carbonyl (C=O) groups is 1. The van der Waals surface area contributed by atoms with E-state index in [0.717, 1.165) is 0 Å². The largest absolute Gasteiger partial charge is 0.496 e. The lowest BCUT2D eigenvalue weighted by atomic mass is 10.2. The second-order valence-electron chi connectivity index (χ2n) is 4.55. The van der Waals surface area contributed by atoms with Crippen molar-refractivity contribution in [3.63, 3.8) is 0 Å². The number of anilines is 1. The van der Waals surface area contributed by atoms with Crippen molar-refractivity contribution in [3.8, 4) is 5.75 Å². The molecule has 2 heterocycles. The Balaban J connectivity index is 1.91. The number of nitro benzene ring substituents is 1. The average Bonchev–Trinajstić information content (AvgIpc) is 2.99. The molecule has 1 aromatic carbocycles. The zero-order chi connectivity index (χ0) is 16.4. The standard InChI is InChI=1S/C14H11N5O4/c1-23-9-3-4-10(12(7-9)19(21)22)16-14(20)11-8-13-15-5-2-6-18(13)17-11/h2-8H,1H3,(H,16,20). The van der Waals surface area contributed by atoms with Crippen molar-refractivity contribution < 1.29 is 14.5 Å². The molecule has 0 radical (unpaired) electrons. The number of nitrogens with zero attached hydrogens (tertiary/aromatic N) is 4. The summed E-state index contributed by atoms with van der Waals surface area (Å²) in [6.07, 6.45) is 3.22. The number of hydrogen-bond donors (Lipinski definition) is 1. The molecule has 0 aliphatic carbocycles. The highest BCUT2D eigenvalue weighted by Crippen LogP contribution is 2.29. The molecule has 9 nitrogen and oxygen atoms in total. The highest BCUT2D eigenvalue weighted by molar-refractivity contribution is 6.04. The number of hydrogen-bond acceptors (Lipinski definition) is 6. The van der Waals surface area contributed by atoms with E-state index < -0.39 is 10.8 Å². The van der Waals surface area contributed by atoms with E-state index in [1.54, 1.807) is 18.5 Å². The van der Waals surface area contributed by atoms with E-state index in [9.17, 15) is 14.9 Å². The predicted octanol–water partition coefficient (Wildman–Crippen LogP) is 1.90. The van der Waals surface area contributed by atoms with Gasteiger partial charge >= 0.3 is 0 Å². The molecule has 0 saturated heterocycles. The summed E-state index contributed by atoms with van der Waals surface area (Å²) in [6.45, 7) is 0. The van der Waals surface area contributed by atoms with Crippen LogP contribution in [0, 0.1) is 10.1 Å². The SMILES string of the molecule is COc1ccc(NC(=O)c2cc3ncccn3n2)c([N+](=O)[O-])c1. The van der Waals surface area contributed by atoms with Gasteiger partial charge in [-0.1, -0.05) is 0 Å². The van der Waals surface area contributed by atoms with Gasteiger partial charge in [0.2, 0.25) is 0 Å². The fraction of sp³-hybridized carbons (Fsp3) is 0.0714. The third-order valence-electron chi connectivity index (χ3n) is 3.12. The Morgan fingerprint density at radius 1 is 1.39 bits per heavy atom. The lowest BCUT2D eigenvalue weighted by molar-refractivity contribution is -0.384. The average molecular weight is 313 g/mol. The molecule has 0 unspecified atom stereocenters. The van der Waals surface area contributed by atoms with Gasteiger partial charge in [-0.05, 0) is 18.2 Å². The van der Waals surface area contributed by atoms with Crippen LogP contribution in [0.15, 0.2) is 42.7 Å². The highest BCUT2D eigenvalue weighted by Gasteiger charge is 2.19. The number of carbonyl (C=O) groups excluding carboxylic acids is 1. The van der Waals surface area contributed by atoms with Crippen molar-refractivity contribution in [3.05, 3.63) is 58.5 Å². The lowest BCUT2D eigenvalue weighted by Crippen LogP contribution is -2.14. The zero-order valence-corrected chi connectivity index (χ0v) is 12.0. The summed E-state index contributed by atoms with van der Waals surface area (Å²) >= 11 is 0. The van der Waals surface area contributed by atoms with Gasteiger partial charge in [-0.25, -0.2) is 9.50 Å². The molecule has 3 rings (SSSR count). The maximum absolute atomic E-state index is 12.2. The van der Waals surface area contributed by atoms with Crippen LogP contribution >= 0.6 is 0 Å². The molecule has 1 N–H and O–H groups in total. The summed E-state index contributed by atoms with van der Waals surface area (Å²) in [6, 6.07) is 7.33. The number of ether oxygens (including phenoxy) is 1. The number of aromatic nitrogens is 3. The Morgan fingerprint density at radius 3 is 2.91 bits per heavy atom. The van der Waals surface area contributed by atoms with Crippen molar-refractivity contribution >= 4 is 22.9 Å². The number of fused-ring (bicyclic) bond motifs is 1. The molecule has 9 heteroatoms. The van der Waals surface area contributed by atoms with E-state index >= 15 is 0 Å². The van der Waals surface area contributed by atoms with Crippen molar-refractivity contribution in [1.29, 1.82) is 0 Å². The Kier molecular flexibility index (Phi) is 3.59. The molecule has 0 aliphatic rings. The van der Waals surface area contributed by atoms with Gasteiger partial charge in [0.15, 0.2) is 11.3 Å². The maximum atomic E-state index is 12.2. The molecule has 1 amide bonds. The lowest BCUT2D eigenvalue weighted by Gasteiger charge is -2.06. The Morgan fingerprint density at radius 2 is 2.22 bits per heavy atom. The molecule has 2 aromatic heterocycles. The molecule has 0 atom stereocenters. The van der Waals surface area contributed by atoms with E-state index in [0.29, 0.717) is 11.4 Å². The summed E-state index contributed by atoms with van der Waals surface area (Å²) in [5, 5.41) is 17.7. The molecule has 116 valence electrons. The number of rotatable bonds is 4. The third-order valence-corrected chi connectivity index (χ3v) is 3.12. The van der Waals surface area contributed by atoms with Crippen molar-refractivity contribution in [1.82, 2.24) is 14.6 Å². The van der Waals surface area contributed by atoms with Crippen molar-refractivity contribution in [2.45, 2.75) is 0 Å². The minimum Gasteiger partial charge on any atom is -0.496 e. The second kappa shape index (κ2) is 5.72. The monoisotopic (exact) mass is 313 g/mol. The van der Waals surface area contributed by atoms with Gasteiger partial charge in [-0.3, -0.25) is 14.9 Å². The second-order valence-corrected chi connectivity index (χ2v) is 4.55. The van der Waals surface area contributed by atoms with Crippen molar-refractivity contribution in [2.24, 2.45) is 0 Å². The van der Waals surface area contributed by atoms with Gasteiger partial charge in [0.05, 0.1) is 18.1 Å². The predicted molar refractivity (Wildman–Crippen MR) is 80.6 cm³/mol. The quantitative estimate of drug-likeness (QED) is 0.581. The van der Waals surface area contributed by atoms with Gasteiger partial charge < -0.3 is 10.1 Å². The minimum absolute atomic E-state index is 0.0609. The topological polar surface area (TPSA) is 112 Å².